The quantitative estimate of drug-likeness (QED) is 0.548. The van der Waals surface area contributed by atoms with Crippen molar-refractivity contribution in [1.29, 1.82) is 0 Å². The SMILES string of the molecule is CCCn1c(=NC(=O)c2ccc(N3C(=O)CCC3=O)cc2)sc2cccc(OCC)c21. The van der Waals surface area contributed by atoms with Gasteiger partial charge in [0.2, 0.25) is 11.8 Å². The molecule has 0 unspecified atom stereocenters. The molecule has 8 heteroatoms. The van der Waals surface area contributed by atoms with Crippen LogP contribution in [0.5, 0.6) is 5.75 Å². The van der Waals surface area contributed by atoms with Crippen molar-refractivity contribution in [3.63, 3.8) is 0 Å². The number of aryl methyl sites for hydroxylation is 1. The molecule has 160 valence electrons. The Labute approximate surface area is 183 Å². The van der Waals surface area contributed by atoms with Crippen LogP contribution in [-0.2, 0) is 16.1 Å². The number of benzene rings is 2. The van der Waals surface area contributed by atoms with E-state index >= 15 is 0 Å². The maximum Gasteiger partial charge on any atom is 0.279 e. The molecule has 4 rings (SSSR count). The van der Waals surface area contributed by atoms with Gasteiger partial charge in [0, 0.05) is 24.9 Å². The average molecular weight is 438 g/mol. The van der Waals surface area contributed by atoms with Gasteiger partial charge in [-0.15, -0.1) is 0 Å². The zero-order valence-electron chi connectivity index (χ0n) is 17.5. The van der Waals surface area contributed by atoms with Crippen molar-refractivity contribution >= 4 is 45.0 Å². The Balaban J connectivity index is 1.70. The Morgan fingerprint density at radius 3 is 2.42 bits per heavy atom. The normalized spacial score (nSPS) is 14.6. The van der Waals surface area contributed by atoms with Crippen molar-refractivity contribution in [2.24, 2.45) is 4.99 Å². The van der Waals surface area contributed by atoms with Crippen LogP contribution >= 0.6 is 11.3 Å². The van der Waals surface area contributed by atoms with Gasteiger partial charge in [0.05, 0.1) is 17.0 Å². The summed E-state index contributed by atoms with van der Waals surface area (Å²) in [6, 6.07) is 12.3. The molecule has 0 spiro atoms. The van der Waals surface area contributed by atoms with Crippen molar-refractivity contribution < 1.29 is 19.1 Å². The highest BCUT2D eigenvalue weighted by Gasteiger charge is 2.30. The summed E-state index contributed by atoms with van der Waals surface area (Å²) in [5.74, 6) is -0.0302. The minimum absolute atomic E-state index is 0.218. The van der Waals surface area contributed by atoms with Gasteiger partial charge in [0.15, 0.2) is 4.80 Å². The van der Waals surface area contributed by atoms with Gasteiger partial charge in [-0.05, 0) is 49.7 Å². The predicted octanol–water partition coefficient (Wildman–Crippen LogP) is 3.91. The summed E-state index contributed by atoms with van der Waals surface area (Å²) >= 11 is 1.45. The second kappa shape index (κ2) is 8.85. The number of imide groups is 1. The van der Waals surface area contributed by atoms with Crippen LogP contribution in [0.1, 0.15) is 43.5 Å². The first-order valence-electron chi connectivity index (χ1n) is 10.3. The van der Waals surface area contributed by atoms with Crippen LogP contribution in [0.2, 0.25) is 0 Å². The van der Waals surface area contributed by atoms with Crippen LogP contribution in [0.15, 0.2) is 47.5 Å². The summed E-state index contributed by atoms with van der Waals surface area (Å²) < 4.78 is 8.82. The highest BCUT2D eigenvalue weighted by Crippen LogP contribution is 2.28. The molecule has 1 aliphatic heterocycles. The standard InChI is InChI=1S/C23H23N3O4S/c1-3-14-25-21-17(30-4-2)6-5-7-18(21)31-23(25)24-22(29)15-8-10-16(11-9-15)26-19(27)12-13-20(26)28/h5-11H,3-4,12-14H2,1-2H3. The van der Waals surface area contributed by atoms with Crippen molar-refractivity contribution in [1.82, 2.24) is 4.57 Å². The fourth-order valence-corrected chi connectivity index (χ4v) is 4.73. The summed E-state index contributed by atoms with van der Waals surface area (Å²) in [4.78, 5) is 42.9. The molecule has 1 fully saturated rings. The molecule has 31 heavy (non-hydrogen) atoms. The molecule has 1 aliphatic rings. The predicted molar refractivity (Wildman–Crippen MR) is 119 cm³/mol. The number of hydrogen-bond donors (Lipinski definition) is 0. The van der Waals surface area contributed by atoms with Crippen LogP contribution < -0.4 is 14.4 Å². The first-order chi connectivity index (χ1) is 15.0. The first-order valence-corrected chi connectivity index (χ1v) is 11.1. The van der Waals surface area contributed by atoms with E-state index in [0.29, 0.717) is 29.2 Å². The smallest absolute Gasteiger partial charge is 0.279 e. The number of thiazole rings is 1. The third-order valence-electron chi connectivity index (χ3n) is 5.03. The molecule has 0 bridgehead atoms. The Hall–Kier alpha value is -3.26. The summed E-state index contributed by atoms with van der Waals surface area (Å²) in [5.41, 5.74) is 1.82. The van der Waals surface area contributed by atoms with Gasteiger partial charge >= 0.3 is 0 Å². The monoisotopic (exact) mass is 437 g/mol. The molecule has 7 nitrogen and oxygen atoms in total. The minimum atomic E-state index is -0.375. The van der Waals surface area contributed by atoms with E-state index in [1.807, 2.05) is 29.7 Å². The maximum absolute atomic E-state index is 12.9. The van der Waals surface area contributed by atoms with E-state index < -0.39 is 0 Å². The highest BCUT2D eigenvalue weighted by molar-refractivity contribution is 7.16. The van der Waals surface area contributed by atoms with Crippen molar-refractivity contribution in [2.75, 3.05) is 11.5 Å². The molecule has 0 atom stereocenters. The van der Waals surface area contributed by atoms with Gasteiger partial charge in [0.25, 0.3) is 5.91 Å². The average Bonchev–Trinajstić information content (AvgIpc) is 3.28. The molecule has 0 N–H and O–H groups in total. The number of rotatable bonds is 6. The Morgan fingerprint density at radius 2 is 1.77 bits per heavy atom. The van der Waals surface area contributed by atoms with Crippen LogP contribution in [0.3, 0.4) is 0 Å². The largest absolute Gasteiger partial charge is 0.492 e. The lowest BCUT2D eigenvalue weighted by atomic mass is 10.2. The van der Waals surface area contributed by atoms with Crippen LogP contribution in [-0.4, -0.2) is 28.9 Å². The fourth-order valence-electron chi connectivity index (χ4n) is 3.65. The number of anilines is 1. The van der Waals surface area contributed by atoms with Gasteiger partial charge in [-0.3, -0.25) is 19.3 Å². The van der Waals surface area contributed by atoms with Crippen molar-refractivity contribution in [2.45, 2.75) is 39.7 Å². The van der Waals surface area contributed by atoms with E-state index in [1.54, 1.807) is 24.3 Å². The van der Waals surface area contributed by atoms with E-state index in [2.05, 4.69) is 11.9 Å². The zero-order valence-corrected chi connectivity index (χ0v) is 18.3. The molecule has 2 heterocycles. The second-order valence-corrected chi connectivity index (χ2v) is 8.17. The molecular weight excluding hydrogens is 414 g/mol. The van der Waals surface area contributed by atoms with Crippen molar-refractivity contribution in [3.8, 4) is 5.75 Å². The van der Waals surface area contributed by atoms with E-state index in [4.69, 9.17) is 4.74 Å². The van der Waals surface area contributed by atoms with Gasteiger partial charge < -0.3 is 9.30 Å². The molecule has 1 aromatic heterocycles. The van der Waals surface area contributed by atoms with Gasteiger partial charge in [-0.25, -0.2) is 0 Å². The summed E-state index contributed by atoms with van der Waals surface area (Å²) in [7, 11) is 0. The van der Waals surface area contributed by atoms with Gasteiger partial charge in [-0.1, -0.05) is 24.3 Å². The zero-order chi connectivity index (χ0) is 22.0. The number of carbonyl (C=O) groups excluding carboxylic acids is 3. The van der Waals surface area contributed by atoms with Gasteiger partial charge in [0.1, 0.15) is 11.3 Å². The molecule has 0 aliphatic carbocycles. The lowest BCUT2D eigenvalue weighted by molar-refractivity contribution is -0.121. The first kappa shape index (κ1) is 21.0. The Bertz CT molecular complexity index is 1210. The topological polar surface area (TPSA) is 81.0 Å². The molecule has 0 saturated carbocycles. The van der Waals surface area contributed by atoms with E-state index in [9.17, 15) is 14.4 Å². The lowest BCUT2D eigenvalue weighted by Gasteiger charge is -2.13. The summed E-state index contributed by atoms with van der Waals surface area (Å²) in [6.07, 6.45) is 1.34. The van der Waals surface area contributed by atoms with E-state index in [-0.39, 0.29) is 30.6 Å². The maximum atomic E-state index is 12.9. The lowest BCUT2D eigenvalue weighted by Crippen LogP contribution is -2.28. The van der Waals surface area contributed by atoms with Gasteiger partial charge in [-0.2, -0.15) is 4.99 Å². The van der Waals surface area contributed by atoms with Crippen molar-refractivity contribution in [3.05, 3.63) is 52.8 Å². The fraction of sp³-hybridized carbons (Fsp3) is 0.304. The number of fused-ring (bicyclic) bond motifs is 1. The minimum Gasteiger partial charge on any atom is -0.492 e. The van der Waals surface area contributed by atoms with E-state index in [1.165, 1.54) is 16.2 Å². The molecular formula is C23H23N3O4S. The Kier molecular flexibility index (Phi) is 5.99. The number of nitrogens with zero attached hydrogens (tertiary/aromatic N) is 3. The second-order valence-electron chi connectivity index (χ2n) is 7.16. The molecule has 1 saturated heterocycles. The molecule has 2 aromatic carbocycles. The molecule has 3 aromatic rings. The number of ether oxygens (including phenoxy) is 1. The van der Waals surface area contributed by atoms with E-state index in [0.717, 1.165) is 22.4 Å². The highest BCUT2D eigenvalue weighted by atomic mass is 32.1. The third-order valence-corrected chi connectivity index (χ3v) is 6.08. The molecule has 0 radical (unpaired) electrons. The Morgan fingerprint density at radius 1 is 1.06 bits per heavy atom. The number of carbonyl (C=O) groups is 3. The number of hydrogen-bond acceptors (Lipinski definition) is 5. The number of aromatic nitrogens is 1. The third kappa shape index (κ3) is 4.03. The van der Waals surface area contributed by atoms with Crippen LogP contribution in [0.4, 0.5) is 5.69 Å². The molecule has 3 amide bonds. The summed E-state index contributed by atoms with van der Waals surface area (Å²) in [5, 5.41) is 0. The summed E-state index contributed by atoms with van der Waals surface area (Å²) in [6.45, 7) is 5.29. The van der Waals surface area contributed by atoms with Crippen LogP contribution in [0.25, 0.3) is 10.2 Å². The van der Waals surface area contributed by atoms with Crippen LogP contribution in [0, 0.1) is 0 Å². The number of amides is 3. The number of para-hydroxylation sites is 1.